The van der Waals surface area contributed by atoms with Crippen molar-refractivity contribution in [2.24, 2.45) is 0 Å². The fourth-order valence-corrected chi connectivity index (χ4v) is 1.76. The van der Waals surface area contributed by atoms with Crippen LogP contribution in [0.3, 0.4) is 0 Å². The van der Waals surface area contributed by atoms with Crippen LogP contribution in [0.5, 0.6) is 0 Å². The minimum Gasteiger partial charge on any atom is -0.384 e. The van der Waals surface area contributed by atoms with Gasteiger partial charge in [0.2, 0.25) is 0 Å². The highest BCUT2D eigenvalue weighted by molar-refractivity contribution is 5.24. The second-order valence-corrected chi connectivity index (χ2v) is 3.70. The molecular weight excluding hydrogens is 174 g/mol. The molecule has 1 aromatic carbocycles. The predicted molar refractivity (Wildman–Crippen MR) is 57.0 cm³/mol. The van der Waals surface area contributed by atoms with Gasteiger partial charge in [-0.05, 0) is 12.0 Å². The zero-order valence-corrected chi connectivity index (χ0v) is 8.11. The Balaban J connectivity index is 2.26. The smallest absolute Gasteiger partial charge is 0.105 e. The molecule has 1 aliphatic heterocycles. The molecule has 14 heavy (non-hydrogen) atoms. The largest absolute Gasteiger partial charge is 0.384 e. The molecule has 2 nitrogen and oxygen atoms in total. The number of rotatable bonds is 1. The van der Waals surface area contributed by atoms with Crippen molar-refractivity contribution >= 4 is 0 Å². The van der Waals surface area contributed by atoms with Crippen molar-refractivity contribution in [2.45, 2.75) is 12.0 Å². The Morgan fingerprint density at radius 3 is 2.71 bits per heavy atom. The molecule has 0 saturated carbocycles. The predicted octanol–water partition coefficient (Wildman–Crippen LogP) is 1.42. The van der Waals surface area contributed by atoms with Crippen LogP contribution in [0.4, 0.5) is 0 Å². The summed E-state index contributed by atoms with van der Waals surface area (Å²) in [5.74, 6) is 0. The van der Waals surface area contributed by atoms with Gasteiger partial charge >= 0.3 is 0 Å². The summed E-state index contributed by atoms with van der Waals surface area (Å²) in [5, 5.41) is 13.6. The van der Waals surface area contributed by atoms with Gasteiger partial charge in [-0.15, -0.1) is 0 Å². The van der Waals surface area contributed by atoms with Crippen LogP contribution in [-0.2, 0) is 5.60 Å². The van der Waals surface area contributed by atoms with Gasteiger partial charge in [0.1, 0.15) is 5.60 Å². The van der Waals surface area contributed by atoms with Gasteiger partial charge in [-0.2, -0.15) is 0 Å². The van der Waals surface area contributed by atoms with Gasteiger partial charge in [0.15, 0.2) is 0 Å². The van der Waals surface area contributed by atoms with Crippen LogP contribution in [0.25, 0.3) is 0 Å². The third kappa shape index (κ3) is 1.86. The first kappa shape index (κ1) is 9.44. The Kier molecular flexibility index (Phi) is 2.66. The molecule has 2 heteroatoms. The molecule has 0 spiro atoms. The monoisotopic (exact) mass is 189 g/mol. The van der Waals surface area contributed by atoms with Crippen LogP contribution in [0.2, 0.25) is 0 Å². The first-order valence-electron chi connectivity index (χ1n) is 4.95. The average Bonchev–Trinajstić information content (AvgIpc) is 2.46. The maximum atomic E-state index is 10.4. The molecule has 1 aliphatic rings. The molecule has 0 radical (unpaired) electrons. The lowest BCUT2D eigenvalue weighted by molar-refractivity contribution is 0.0426. The molecule has 0 unspecified atom stereocenters. The van der Waals surface area contributed by atoms with E-state index in [0.29, 0.717) is 13.0 Å². The maximum absolute atomic E-state index is 10.4. The highest BCUT2D eigenvalue weighted by atomic mass is 16.3. The summed E-state index contributed by atoms with van der Waals surface area (Å²) in [6, 6.07) is 9.83. The van der Waals surface area contributed by atoms with Crippen molar-refractivity contribution in [3.05, 3.63) is 48.0 Å². The average molecular weight is 189 g/mol. The van der Waals surface area contributed by atoms with Crippen molar-refractivity contribution in [3.63, 3.8) is 0 Å². The van der Waals surface area contributed by atoms with E-state index in [1.807, 2.05) is 36.4 Å². The van der Waals surface area contributed by atoms with Crippen LogP contribution >= 0.6 is 0 Å². The topological polar surface area (TPSA) is 32.3 Å². The number of nitrogens with one attached hydrogen (secondary N) is 1. The second kappa shape index (κ2) is 3.95. The van der Waals surface area contributed by atoms with Crippen molar-refractivity contribution in [3.8, 4) is 0 Å². The summed E-state index contributed by atoms with van der Waals surface area (Å²) in [6.07, 6.45) is 4.78. The molecule has 74 valence electrons. The normalized spacial score (nSPS) is 27.2. The van der Waals surface area contributed by atoms with Crippen LogP contribution in [0, 0.1) is 0 Å². The van der Waals surface area contributed by atoms with E-state index in [1.54, 1.807) is 0 Å². The van der Waals surface area contributed by atoms with E-state index < -0.39 is 5.60 Å². The van der Waals surface area contributed by atoms with Gasteiger partial charge in [0, 0.05) is 13.1 Å². The lowest BCUT2D eigenvalue weighted by Crippen LogP contribution is -2.36. The molecule has 1 heterocycles. The molecule has 0 saturated heterocycles. The first-order valence-corrected chi connectivity index (χ1v) is 4.95. The summed E-state index contributed by atoms with van der Waals surface area (Å²) in [5.41, 5.74) is 0.243. The van der Waals surface area contributed by atoms with Crippen LogP contribution in [-0.4, -0.2) is 18.2 Å². The van der Waals surface area contributed by atoms with E-state index in [0.717, 1.165) is 12.1 Å². The number of aliphatic hydroxyl groups is 1. The molecular formula is C12H15NO. The van der Waals surface area contributed by atoms with Gasteiger partial charge in [-0.3, -0.25) is 0 Å². The zero-order valence-electron chi connectivity index (χ0n) is 8.11. The number of hydrogen-bond acceptors (Lipinski definition) is 2. The highest BCUT2D eigenvalue weighted by Crippen LogP contribution is 2.25. The Hall–Kier alpha value is -1.12. The van der Waals surface area contributed by atoms with Crippen LogP contribution < -0.4 is 5.32 Å². The Morgan fingerprint density at radius 1 is 1.14 bits per heavy atom. The van der Waals surface area contributed by atoms with E-state index in [4.69, 9.17) is 0 Å². The third-order valence-corrected chi connectivity index (χ3v) is 2.61. The molecule has 1 aromatic rings. The van der Waals surface area contributed by atoms with E-state index >= 15 is 0 Å². The van der Waals surface area contributed by atoms with E-state index in [9.17, 15) is 5.11 Å². The molecule has 0 aromatic heterocycles. The van der Waals surface area contributed by atoms with E-state index in [2.05, 4.69) is 11.4 Å². The van der Waals surface area contributed by atoms with Gasteiger partial charge in [-0.25, -0.2) is 0 Å². The van der Waals surface area contributed by atoms with Gasteiger partial charge in [0.25, 0.3) is 0 Å². The fraction of sp³-hybridized carbons (Fsp3) is 0.333. The summed E-state index contributed by atoms with van der Waals surface area (Å²) < 4.78 is 0. The minimum atomic E-state index is -0.742. The molecule has 0 bridgehead atoms. The fourth-order valence-electron chi connectivity index (χ4n) is 1.76. The summed E-state index contributed by atoms with van der Waals surface area (Å²) >= 11 is 0. The Bertz CT molecular complexity index is 320. The van der Waals surface area contributed by atoms with Crippen molar-refractivity contribution < 1.29 is 5.11 Å². The standard InChI is InChI=1S/C12H15NO/c14-12(8-4-5-9-13-10-12)11-6-2-1-3-7-11/h1-7,13-14H,8-10H2/t12-/m0/s1. The van der Waals surface area contributed by atoms with Crippen molar-refractivity contribution in [1.82, 2.24) is 5.32 Å². The molecule has 2 N–H and O–H groups in total. The van der Waals surface area contributed by atoms with Crippen LogP contribution in [0.1, 0.15) is 12.0 Å². The summed E-state index contributed by atoms with van der Waals surface area (Å²) in [7, 11) is 0. The van der Waals surface area contributed by atoms with Crippen molar-refractivity contribution in [1.29, 1.82) is 0 Å². The number of β-amino-alcohol motifs (C(OH)–C–C–N with tert-alkyl or cyclic N) is 1. The van der Waals surface area contributed by atoms with E-state index in [1.165, 1.54) is 0 Å². The quantitative estimate of drug-likeness (QED) is 0.655. The molecule has 1 atom stereocenters. The van der Waals surface area contributed by atoms with E-state index in [-0.39, 0.29) is 0 Å². The Morgan fingerprint density at radius 2 is 1.93 bits per heavy atom. The van der Waals surface area contributed by atoms with Gasteiger partial charge in [0.05, 0.1) is 0 Å². The summed E-state index contributed by atoms with van der Waals surface area (Å²) in [4.78, 5) is 0. The molecule has 0 amide bonds. The maximum Gasteiger partial charge on any atom is 0.105 e. The first-order chi connectivity index (χ1) is 6.81. The number of benzene rings is 1. The lowest BCUT2D eigenvalue weighted by Gasteiger charge is -2.26. The minimum absolute atomic E-state index is 0.615. The highest BCUT2D eigenvalue weighted by Gasteiger charge is 2.27. The van der Waals surface area contributed by atoms with Gasteiger partial charge < -0.3 is 10.4 Å². The zero-order chi connectivity index (χ0) is 9.86. The van der Waals surface area contributed by atoms with Crippen LogP contribution in [0.15, 0.2) is 42.5 Å². The number of hydrogen-bond donors (Lipinski definition) is 2. The molecule has 2 rings (SSSR count). The molecule has 0 fully saturated rings. The SMILES string of the molecule is O[C@@]1(c2ccccc2)CC=CCNC1. The lowest BCUT2D eigenvalue weighted by atomic mass is 9.91. The van der Waals surface area contributed by atoms with Crippen molar-refractivity contribution in [2.75, 3.05) is 13.1 Å². The van der Waals surface area contributed by atoms with Gasteiger partial charge in [-0.1, -0.05) is 42.5 Å². The third-order valence-electron chi connectivity index (χ3n) is 2.61. The molecule has 0 aliphatic carbocycles. The summed E-state index contributed by atoms with van der Waals surface area (Å²) in [6.45, 7) is 1.46. The Labute approximate surface area is 84.3 Å². The second-order valence-electron chi connectivity index (χ2n) is 3.70.